The summed E-state index contributed by atoms with van der Waals surface area (Å²) in [5.74, 6) is -0.984. The van der Waals surface area contributed by atoms with Crippen LogP contribution in [0.25, 0.3) is 0 Å². The van der Waals surface area contributed by atoms with E-state index in [2.05, 4.69) is 0 Å². The molecular formula is C13H23N3O4. The second-order valence-corrected chi connectivity index (χ2v) is 5.98. The first-order valence-electron chi connectivity index (χ1n) is 6.98. The number of ether oxygens (including phenoxy) is 1. The van der Waals surface area contributed by atoms with E-state index in [-0.39, 0.29) is 31.2 Å². The minimum atomic E-state index is -1.22. The van der Waals surface area contributed by atoms with Gasteiger partial charge in [-0.3, -0.25) is 14.5 Å². The predicted octanol–water partition coefficient (Wildman–Crippen LogP) is -0.890. The molecule has 0 bridgehead atoms. The third kappa shape index (κ3) is 3.28. The quantitative estimate of drug-likeness (QED) is 0.698. The zero-order valence-corrected chi connectivity index (χ0v) is 12.0. The molecule has 7 nitrogen and oxygen atoms in total. The van der Waals surface area contributed by atoms with Crippen molar-refractivity contribution >= 4 is 11.9 Å². The van der Waals surface area contributed by atoms with Crippen molar-refractivity contribution in [1.82, 2.24) is 9.80 Å². The van der Waals surface area contributed by atoms with Crippen LogP contribution in [0.15, 0.2) is 0 Å². The van der Waals surface area contributed by atoms with E-state index in [1.54, 1.807) is 4.90 Å². The van der Waals surface area contributed by atoms with Crippen molar-refractivity contribution in [3.63, 3.8) is 0 Å². The lowest BCUT2D eigenvalue weighted by Crippen LogP contribution is -2.53. The maximum atomic E-state index is 12.3. The number of likely N-dealkylation sites (tertiary alicyclic amines) is 1. The van der Waals surface area contributed by atoms with Crippen molar-refractivity contribution in [2.24, 2.45) is 5.73 Å². The van der Waals surface area contributed by atoms with Crippen LogP contribution >= 0.6 is 0 Å². The van der Waals surface area contributed by atoms with Crippen LogP contribution in [0.3, 0.4) is 0 Å². The molecule has 114 valence electrons. The standard InChI is InChI=1S/C13H23N3O4/c1-9-5-16(6-10(2)20-9)11(17)7-15-4-3-13(14,8-15)12(18)19/h9-10H,3-8,14H2,1-2H3,(H,18,19). The van der Waals surface area contributed by atoms with Crippen molar-refractivity contribution in [3.05, 3.63) is 0 Å². The van der Waals surface area contributed by atoms with E-state index in [1.165, 1.54) is 0 Å². The van der Waals surface area contributed by atoms with Gasteiger partial charge in [-0.05, 0) is 20.3 Å². The molecule has 2 fully saturated rings. The van der Waals surface area contributed by atoms with Crippen LogP contribution in [-0.2, 0) is 14.3 Å². The second-order valence-electron chi connectivity index (χ2n) is 5.98. The highest BCUT2D eigenvalue weighted by Gasteiger charge is 2.42. The first-order chi connectivity index (χ1) is 9.30. The molecule has 2 rings (SSSR count). The number of hydrogen-bond donors (Lipinski definition) is 2. The number of carboxylic acid groups (broad SMARTS) is 1. The van der Waals surface area contributed by atoms with Gasteiger partial charge in [0, 0.05) is 26.2 Å². The van der Waals surface area contributed by atoms with Crippen LogP contribution in [0.5, 0.6) is 0 Å². The lowest BCUT2D eigenvalue weighted by Gasteiger charge is -2.36. The summed E-state index contributed by atoms with van der Waals surface area (Å²) in [5, 5.41) is 9.08. The Hall–Kier alpha value is -1.18. The molecule has 0 radical (unpaired) electrons. The molecule has 7 heteroatoms. The molecule has 1 amide bonds. The van der Waals surface area contributed by atoms with Gasteiger partial charge in [0.25, 0.3) is 0 Å². The van der Waals surface area contributed by atoms with Gasteiger partial charge in [0.2, 0.25) is 5.91 Å². The van der Waals surface area contributed by atoms with Crippen LogP contribution in [0, 0.1) is 0 Å². The van der Waals surface area contributed by atoms with Crippen molar-refractivity contribution < 1.29 is 19.4 Å². The molecule has 3 unspecified atom stereocenters. The summed E-state index contributed by atoms with van der Waals surface area (Å²) in [7, 11) is 0. The minimum absolute atomic E-state index is 0.0154. The molecule has 3 atom stereocenters. The fraction of sp³-hybridized carbons (Fsp3) is 0.846. The smallest absolute Gasteiger partial charge is 0.325 e. The Balaban J connectivity index is 1.88. The molecule has 0 spiro atoms. The number of nitrogens with zero attached hydrogens (tertiary/aromatic N) is 2. The number of nitrogens with two attached hydrogens (primary N) is 1. The van der Waals surface area contributed by atoms with E-state index < -0.39 is 11.5 Å². The number of rotatable bonds is 3. The van der Waals surface area contributed by atoms with Crippen LogP contribution in [-0.4, -0.2) is 77.3 Å². The lowest BCUT2D eigenvalue weighted by atomic mass is 10.0. The third-order valence-electron chi connectivity index (χ3n) is 3.94. The summed E-state index contributed by atoms with van der Waals surface area (Å²) in [6.45, 7) is 6.06. The summed E-state index contributed by atoms with van der Waals surface area (Å²) in [6, 6.07) is 0. The minimum Gasteiger partial charge on any atom is -0.480 e. The molecule has 2 aliphatic rings. The number of hydrogen-bond acceptors (Lipinski definition) is 5. The van der Waals surface area contributed by atoms with E-state index in [0.29, 0.717) is 26.1 Å². The highest BCUT2D eigenvalue weighted by Crippen LogP contribution is 2.19. The topological polar surface area (TPSA) is 96.1 Å². The summed E-state index contributed by atoms with van der Waals surface area (Å²) < 4.78 is 5.60. The van der Waals surface area contributed by atoms with Crippen molar-refractivity contribution in [3.8, 4) is 0 Å². The second kappa shape index (κ2) is 5.67. The Morgan fingerprint density at radius 2 is 1.95 bits per heavy atom. The largest absolute Gasteiger partial charge is 0.480 e. The first kappa shape index (κ1) is 15.2. The van der Waals surface area contributed by atoms with Gasteiger partial charge >= 0.3 is 5.97 Å². The summed E-state index contributed by atoms with van der Waals surface area (Å²) in [6.07, 6.45) is 0.453. The van der Waals surface area contributed by atoms with Gasteiger partial charge in [-0.1, -0.05) is 0 Å². The fourth-order valence-electron chi connectivity index (χ4n) is 2.90. The normalized spacial score (nSPS) is 35.2. The molecule has 2 aliphatic heterocycles. The molecule has 0 aromatic carbocycles. The average Bonchev–Trinajstić information content (AvgIpc) is 2.71. The Morgan fingerprint density at radius 3 is 2.45 bits per heavy atom. The summed E-state index contributed by atoms with van der Waals surface area (Å²) >= 11 is 0. The first-order valence-corrected chi connectivity index (χ1v) is 6.98. The fourth-order valence-corrected chi connectivity index (χ4v) is 2.90. The zero-order chi connectivity index (χ0) is 14.9. The van der Waals surface area contributed by atoms with Crippen molar-refractivity contribution in [2.75, 3.05) is 32.7 Å². The maximum Gasteiger partial charge on any atom is 0.325 e. The van der Waals surface area contributed by atoms with E-state index in [1.807, 2.05) is 18.7 Å². The third-order valence-corrected chi connectivity index (χ3v) is 3.94. The molecule has 2 saturated heterocycles. The highest BCUT2D eigenvalue weighted by atomic mass is 16.5. The molecular weight excluding hydrogens is 262 g/mol. The van der Waals surface area contributed by atoms with Gasteiger partial charge in [-0.2, -0.15) is 0 Å². The Morgan fingerprint density at radius 1 is 1.35 bits per heavy atom. The molecule has 3 N–H and O–H groups in total. The molecule has 0 aliphatic carbocycles. The Labute approximate surface area is 118 Å². The molecule has 20 heavy (non-hydrogen) atoms. The van der Waals surface area contributed by atoms with Crippen LogP contribution < -0.4 is 5.73 Å². The summed E-state index contributed by atoms with van der Waals surface area (Å²) in [4.78, 5) is 27.0. The van der Waals surface area contributed by atoms with Crippen molar-refractivity contribution in [1.29, 1.82) is 0 Å². The number of amides is 1. The predicted molar refractivity (Wildman–Crippen MR) is 72.2 cm³/mol. The number of carbonyl (C=O) groups is 2. The van der Waals surface area contributed by atoms with Crippen LogP contribution in [0.1, 0.15) is 20.3 Å². The number of morpholine rings is 1. The molecule has 0 saturated carbocycles. The SMILES string of the molecule is CC1CN(C(=O)CN2CCC(N)(C(=O)O)C2)CC(C)O1. The van der Waals surface area contributed by atoms with E-state index in [0.717, 1.165) is 0 Å². The lowest BCUT2D eigenvalue weighted by molar-refractivity contribution is -0.145. The van der Waals surface area contributed by atoms with E-state index in [9.17, 15) is 9.59 Å². The molecule has 0 aromatic heterocycles. The molecule has 2 heterocycles. The molecule has 0 aromatic rings. The Kier molecular flexibility index (Phi) is 4.31. The van der Waals surface area contributed by atoms with E-state index in [4.69, 9.17) is 15.6 Å². The van der Waals surface area contributed by atoms with Gasteiger partial charge in [-0.15, -0.1) is 0 Å². The summed E-state index contributed by atoms with van der Waals surface area (Å²) in [5.41, 5.74) is 4.59. The number of carbonyl (C=O) groups excluding carboxylic acids is 1. The Bertz CT molecular complexity index is 393. The average molecular weight is 285 g/mol. The van der Waals surface area contributed by atoms with Crippen molar-refractivity contribution in [2.45, 2.75) is 38.0 Å². The zero-order valence-electron chi connectivity index (χ0n) is 12.0. The number of carboxylic acids is 1. The maximum absolute atomic E-state index is 12.3. The van der Waals surface area contributed by atoms with Crippen LogP contribution in [0.4, 0.5) is 0 Å². The van der Waals surface area contributed by atoms with E-state index >= 15 is 0 Å². The monoisotopic (exact) mass is 285 g/mol. The van der Waals surface area contributed by atoms with Gasteiger partial charge in [0.1, 0.15) is 5.54 Å². The highest BCUT2D eigenvalue weighted by molar-refractivity contribution is 5.81. The van der Waals surface area contributed by atoms with Gasteiger partial charge in [0.15, 0.2) is 0 Å². The van der Waals surface area contributed by atoms with Gasteiger partial charge in [0.05, 0.1) is 18.8 Å². The van der Waals surface area contributed by atoms with Gasteiger partial charge < -0.3 is 20.5 Å². The van der Waals surface area contributed by atoms with Crippen LogP contribution in [0.2, 0.25) is 0 Å². The number of aliphatic carboxylic acids is 1. The van der Waals surface area contributed by atoms with Gasteiger partial charge in [-0.25, -0.2) is 0 Å².